The average Bonchev–Trinajstić information content (AvgIpc) is 3.18. The van der Waals surface area contributed by atoms with Crippen LogP contribution in [0.2, 0.25) is 0 Å². The Morgan fingerprint density at radius 1 is 1.48 bits per heavy atom. The van der Waals surface area contributed by atoms with Gasteiger partial charge in [0.05, 0.1) is 0 Å². The minimum Gasteiger partial charge on any atom is -0.356 e. The summed E-state index contributed by atoms with van der Waals surface area (Å²) in [6, 6.07) is 5.00. The smallest absolute Gasteiger partial charge is 0.191 e. The summed E-state index contributed by atoms with van der Waals surface area (Å²) in [5.74, 6) is 1.54. The predicted octanol–water partition coefficient (Wildman–Crippen LogP) is 3.19. The molecule has 2 unspecified atom stereocenters. The molecule has 2 N–H and O–H groups in total. The lowest BCUT2D eigenvalue weighted by Gasteiger charge is -2.24. The molecule has 0 bridgehead atoms. The van der Waals surface area contributed by atoms with Gasteiger partial charge in [-0.05, 0) is 49.7 Å². The topological polar surface area (TPSA) is 39.7 Å². The van der Waals surface area contributed by atoms with E-state index in [1.165, 1.54) is 24.3 Å². The maximum atomic E-state index is 4.35. The van der Waals surface area contributed by atoms with Gasteiger partial charge in [-0.25, -0.2) is 0 Å². The molecule has 0 aliphatic carbocycles. The van der Waals surface area contributed by atoms with Crippen molar-refractivity contribution in [2.24, 2.45) is 10.9 Å². The molecule has 6 heteroatoms. The molecule has 23 heavy (non-hydrogen) atoms. The Morgan fingerprint density at radius 2 is 2.30 bits per heavy atom. The van der Waals surface area contributed by atoms with Gasteiger partial charge in [0.25, 0.3) is 0 Å². The summed E-state index contributed by atoms with van der Waals surface area (Å²) < 4.78 is 0. The van der Waals surface area contributed by atoms with E-state index in [9.17, 15) is 0 Å². The summed E-state index contributed by atoms with van der Waals surface area (Å²) in [5.41, 5.74) is 0. The highest BCUT2D eigenvalue weighted by Gasteiger charge is 2.22. The number of halogens is 1. The van der Waals surface area contributed by atoms with E-state index in [2.05, 4.69) is 51.9 Å². The van der Waals surface area contributed by atoms with Crippen molar-refractivity contribution in [3.8, 4) is 0 Å². The fourth-order valence-electron chi connectivity index (χ4n) is 3.09. The number of likely N-dealkylation sites (N-methyl/N-ethyl adjacent to an activating group) is 1. The molecule has 0 amide bonds. The average molecular weight is 450 g/mol. The Morgan fingerprint density at radius 3 is 2.96 bits per heavy atom. The van der Waals surface area contributed by atoms with Gasteiger partial charge in [-0.1, -0.05) is 19.9 Å². The molecular weight excluding hydrogens is 419 g/mol. The number of hydrogen-bond donors (Lipinski definition) is 2. The van der Waals surface area contributed by atoms with Gasteiger partial charge in [0.15, 0.2) is 5.96 Å². The predicted molar refractivity (Wildman–Crippen MR) is 112 cm³/mol. The fourth-order valence-corrected chi connectivity index (χ4v) is 3.96. The highest BCUT2D eigenvalue weighted by molar-refractivity contribution is 14.0. The van der Waals surface area contributed by atoms with Crippen LogP contribution in [-0.4, -0.2) is 50.1 Å². The third kappa shape index (κ3) is 6.97. The molecule has 2 heterocycles. The van der Waals surface area contributed by atoms with Crippen LogP contribution in [0.3, 0.4) is 0 Å². The second-order valence-electron chi connectivity index (χ2n) is 6.15. The van der Waals surface area contributed by atoms with Gasteiger partial charge in [-0.15, -0.1) is 35.3 Å². The molecule has 1 saturated heterocycles. The molecule has 1 aromatic heterocycles. The van der Waals surface area contributed by atoms with Gasteiger partial charge < -0.3 is 10.6 Å². The van der Waals surface area contributed by atoms with Crippen molar-refractivity contribution in [1.29, 1.82) is 0 Å². The molecule has 2 atom stereocenters. The largest absolute Gasteiger partial charge is 0.356 e. The van der Waals surface area contributed by atoms with E-state index in [4.69, 9.17) is 0 Å². The minimum atomic E-state index is 0. The first kappa shape index (κ1) is 20.7. The molecule has 2 rings (SSSR count). The van der Waals surface area contributed by atoms with Crippen LogP contribution < -0.4 is 10.6 Å². The summed E-state index contributed by atoms with van der Waals surface area (Å²) >= 11 is 1.84. The number of aliphatic imine (C=N–C) groups is 1. The summed E-state index contributed by atoms with van der Waals surface area (Å²) in [4.78, 5) is 8.36. The zero-order valence-corrected chi connectivity index (χ0v) is 17.7. The van der Waals surface area contributed by atoms with Gasteiger partial charge in [-0.3, -0.25) is 9.89 Å². The van der Waals surface area contributed by atoms with E-state index in [1.807, 2.05) is 18.4 Å². The minimum absolute atomic E-state index is 0. The van der Waals surface area contributed by atoms with Gasteiger partial charge in [-0.2, -0.15) is 0 Å². The second kappa shape index (κ2) is 11.3. The molecule has 0 saturated carbocycles. The molecule has 1 fully saturated rings. The Bertz CT molecular complexity index is 449. The van der Waals surface area contributed by atoms with Crippen LogP contribution in [0.25, 0.3) is 0 Å². The Hall–Kier alpha value is -0.340. The van der Waals surface area contributed by atoms with Gasteiger partial charge in [0.2, 0.25) is 0 Å². The molecule has 1 aliphatic heterocycles. The van der Waals surface area contributed by atoms with Crippen LogP contribution in [0.5, 0.6) is 0 Å². The lowest BCUT2D eigenvalue weighted by atomic mass is 10.1. The van der Waals surface area contributed by atoms with E-state index < -0.39 is 0 Å². The van der Waals surface area contributed by atoms with Crippen molar-refractivity contribution < 1.29 is 0 Å². The first-order valence-electron chi connectivity index (χ1n) is 8.43. The normalized spacial score (nSPS) is 20.1. The molecule has 4 nitrogen and oxygen atoms in total. The van der Waals surface area contributed by atoms with Crippen molar-refractivity contribution in [1.82, 2.24) is 15.5 Å². The van der Waals surface area contributed by atoms with E-state index in [1.54, 1.807) is 0 Å². The van der Waals surface area contributed by atoms with Crippen molar-refractivity contribution >= 4 is 41.3 Å². The van der Waals surface area contributed by atoms with Crippen LogP contribution in [0.15, 0.2) is 22.5 Å². The van der Waals surface area contributed by atoms with E-state index >= 15 is 0 Å². The van der Waals surface area contributed by atoms with Gasteiger partial charge >= 0.3 is 0 Å². The zero-order chi connectivity index (χ0) is 15.8. The van der Waals surface area contributed by atoms with Crippen LogP contribution in [0, 0.1) is 5.92 Å². The lowest BCUT2D eigenvalue weighted by Crippen LogP contribution is -2.45. The highest BCUT2D eigenvalue weighted by atomic mass is 127. The summed E-state index contributed by atoms with van der Waals surface area (Å²) in [6.45, 7) is 8.88. The molecular formula is C17H31IN4S. The first-order chi connectivity index (χ1) is 10.7. The monoisotopic (exact) mass is 450 g/mol. The van der Waals surface area contributed by atoms with Crippen LogP contribution in [-0.2, 0) is 6.42 Å². The van der Waals surface area contributed by atoms with Crippen LogP contribution >= 0.6 is 35.3 Å². The van der Waals surface area contributed by atoms with Crippen molar-refractivity contribution in [2.75, 3.05) is 33.2 Å². The van der Waals surface area contributed by atoms with Crippen molar-refractivity contribution in [3.63, 3.8) is 0 Å². The molecule has 0 spiro atoms. The molecule has 1 aromatic rings. The number of hydrogen-bond acceptors (Lipinski definition) is 3. The van der Waals surface area contributed by atoms with Gasteiger partial charge in [0.1, 0.15) is 0 Å². The standard InChI is InChI=1S/C17H30N4S.HI/c1-4-21-9-5-7-15(21)13-20-17(18-3)19-12-14(2)11-16-8-6-10-22-16;/h6,8,10,14-15H,4-5,7,9,11-13H2,1-3H3,(H2,18,19,20);1H. The lowest BCUT2D eigenvalue weighted by molar-refractivity contribution is 0.267. The Balaban J connectivity index is 0.00000264. The van der Waals surface area contributed by atoms with Gasteiger partial charge in [0, 0.05) is 31.1 Å². The van der Waals surface area contributed by atoms with E-state index in [0.717, 1.165) is 32.0 Å². The summed E-state index contributed by atoms with van der Waals surface area (Å²) in [6.07, 6.45) is 3.75. The maximum absolute atomic E-state index is 4.35. The molecule has 1 aliphatic rings. The second-order valence-corrected chi connectivity index (χ2v) is 7.18. The number of thiophene rings is 1. The Kier molecular flexibility index (Phi) is 10.1. The quantitative estimate of drug-likeness (QED) is 0.381. The van der Waals surface area contributed by atoms with E-state index in [-0.39, 0.29) is 24.0 Å². The fraction of sp³-hybridized carbons (Fsp3) is 0.706. The third-order valence-electron chi connectivity index (χ3n) is 4.38. The number of nitrogens with one attached hydrogen (secondary N) is 2. The summed E-state index contributed by atoms with van der Waals surface area (Å²) in [7, 11) is 1.85. The third-order valence-corrected chi connectivity index (χ3v) is 5.28. The number of likely N-dealkylation sites (tertiary alicyclic amines) is 1. The van der Waals surface area contributed by atoms with Crippen LogP contribution in [0.4, 0.5) is 0 Å². The summed E-state index contributed by atoms with van der Waals surface area (Å²) in [5, 5.41) is 9.10. The maximum Gasteiger partial charge on any atom is 0.191 e. The molecule has 0 aromatic carbocycles. The SMILES string of the molecule is CCN1CCCC1CNC(=NC)NCC(C)Cc1cccs1.I. The highest BCUT2D eigenvalue weighted by Crippen LogP contribution is 2.15. The molecule has 132 valence electrons. The zero-order valence-electron chi connectivity index (χ0n) is 14.5. The number of rotatable bonds is 7. The van der Waals surface area contributed by atoms with E-state index in [0.29, 0.717) is 12.0 Å². The number of nitrogens with zero attached hydrogens (tertiary/aromatic N) is 2. The molecule has 0 radical (unpaired) electrons. The van der Waals surface area contributed by atoms with Crippen molar-refractivity contribution in [2.45, 2.75) is 39.2 Å². The number of guanidine groups is 1. The van der Waals surface area contributed by atoms with Crippen LogP contribution in [0.1, 0.15) is 31.6 Å². The van der Waals surface area contributed by atoms with Crippen molar-refractivity contribution in [3.05, 3.63) is 22.4 Å². The Labute approximate surface area is 162 Å². The first-order valence-corrected chi connectivity index (χ1v) is 9.31.